The van der Waals surface area contributed by atoms with Crippen LogP contribution in [0.5, 0.6) is 0 Å². The van der Waals surface area contributed by atoms with Crippen molar-refractivity contribution < 1.29 is 17.6 Å². The van der Waals surface area contributed by atoms with Crippen LogP contribution in [0.15, 0.2) is 65.3 Å². The van der Waals surface area contributed by atoms with Crippen LogP contribution in [0.1, 0.15) is 16.9 Å². The Hall–Kier alpha value is -2.02. The largest absolute Gasteiger partial charge is 0.460 e. The van der Waals surface area contributed by atoms with Crippen LogP contribution in [-0.4, -0.2) is 4.98 Å². The Bertz CT molecular complexity index is 807. The minimum Gasteiger partial charge on any atom is -0.460 e. The third kappa shape index (κ3) is 5.76. The molecule has 1 N–H and O–H groups in total. The Morgan fingerprint density at radius 3 is 2.46 bits per heavy atom. The molecule has 0 aliphatic carbocycles. The molecule has 1 aromatic carbocycles. The molecule has 0 spiro atoms. The summed E-state index contributed by atoms with van der Waals surface area (Å²) in [6.07, 6.45) is -0.892. The number of benzene rings is 1. The maximum absolute atomic E-state index is 12.8. The third-order valence-electron chi connectivity index (χ3n) is 3.49. The SMILES string of the molecule is Cl.Cl.FC(F)(F)c1cccc(-c2ccc(CNCc3cccnc3)o2)c1. The highest BCUT2D eigenvalue weighted by molar-refractivity contribution is 5.85. The van der Waals surface area contributed by atoms with E-state index < -0.39 is 11.7 Å². The predicted molar refractivity (Wildman–Crippen MR) is 98.4 cm³/mol. The number of halogens is 5. The lowest BCUT2D eigenvalue weighted by Gasteiger charge is -2.07. The van der Waals surface area contributed by atoms with Gasteiger partial charge < -0.3 is 9.73 Å². The van der Waals surface area contributed by atoms with E-state index in [-0.39, 0.29) is 24.8 Å². The van der Waals surface area contributed by atoms with Crippen LogP contribution in [0.4, 0.5) is 13.2 Å². The van der Waals surface area contributed by atoms with E-state index in [0.717, 1.165) is 17.7 Å². The second kappa shape index (κ2) is 9.62. The fraction of sp³-hybridized carbons (Fsp3) is 0.167. The van der Waals surface area contributed by atoms with Gasteiger partial charge in [0.2, 0.25) is 0 Å². The molecule has 2 heterocycles. The van der Waals surface area contributed by atoms with Gasteiger partial charge in [0.1, 0.15) is 11.5 Å². The van der Waals surface area contributed by atoms with E-state index >= 15 is 0 Å². The van der Waals surface area contributed by atoms with E-state index in [2.05, 4.69) is 10.3 Å². The number of furan rings is 1. The number of pyridine rings is 1. The third-order valence-corrected chi connectivity index (χ3v) is 3.49. The molecule has 0 fully saturated rings. The van der Waals surface area contributed by atoms with Crippen molar-refractivity contribution >= 4 is 24.8 Å². The van der Waals surface area contributed by atoms with Crippen molar-refractivity contribution in [2.75, 3.05) is 0 Å². The van der Waals surface area contributed by atoms with E-state index in [0.29, 0.717) is 30.2 Å². The molecule has 3 nitrogen and oxygen atoms in total. The topological polar surface area (TPSA) is 38.1 Å². The molecule has 2 aromatic heterocycles. The van der Waals surface area contributed by atoms with Crippen molar-refractivity contribution in [1.29, 1.82) is 0 Å². The summed E-state index contributed by atoms with van der Waals surface area (Å²) in [5.74, 6) is 1.07. The highest BCUT2D eigenvalue weighted by Gasteiger charge is 2.30. The molecule has 140 valence electrons. The van der Waals surface area contributed by atoms with E-state index in [9.17, 15) is 13.2 Å². The standard InChI is InChI=1S/C18H15F3N2O.2ClH/c19-18(20,21)15-5-1-4-14(9-15)17-7-6-16(24-17)12-23-11-13-3-2-8-22-10-13;;/h1-10,23H,11-12H2;2*1H. The molecule has 0 unspecified atom stereocenters. The monoisotopic (exact) mass is 404 g/mol. The van der Waals surface area contributed by atoms with Crippen LogP contribution in [-0.2, 0) is 19.3 Å². The second-order valence-electron chi connectivity index (χ2n) is 5.31. The Morgan fingerprint density at radius 2 is 1.77 bits per heavy atom. The van der Waals surface area contributed by atoms with Gasteiger partial charge in [-0.05, 0) is 35.9 Å². The van der Waals surface area contributed by atoms with Gasteiger partial charge in [0, 0.05) is 24.5 Å². The van der Waals surface area contributed by atoms with Gasteiger partial charge >= 0.3 is 6.18 Å². The molecular weight excluding hydrogens is 388 g/mol. The van der Waals surface area contributed by atoms with Gasteiger partial charge in [-0.25, -0.2) is 0 Å². The normalized spacial score (nSPS) is 10.7. The minimum atomic E-state index is -4.36. The lowest BCUT2D eigenvalue weighted by molar-refractivity contribution is -0.137. The molecule has 0 atom stereocenters. The quantitative estimate of drug-likeness (QED) is 0.610. The van der Waals surface area contributed by atoms with Gasteiger partial charge in [0.25, 0.3) is 0 Å². The maximum atomic E-state index is 12.8. The van der Waals surface area contributed by atoms with Crippen LogP contribution in [0.2, 0.25) is 0 Å². The number of hydrogen-bond donors (Lipinski definition) is 1. The van der Waals surface area contributed by atoms with Gasteiger partial charge in [-0.2, -0.15) is 13.2 Å². The van der Waals surface area contributed by atoms with Crippen LogP contribution in [0.25, 0.3) is 11.3 Å². The van der Waals surface area contributed by atoms with Crippen molar-refractivity contribution in [3.8, 4) is 11.3 Å². The molecule has 0 bridgehead atoms. The predicted octanol–water partition coefficient (Wildman–Crippen LogP) is 5.49. The summed E-state index contributed by atoms with van der Waals surface area (Å²) in [6, 6.07) is 12.4. The molecule has 3 rings (SSSR count). The molecule has 0 amide bonds. The smallest absolute Gasteiger partial charge is 0.416 e. The molecular formula is C18H17Cl2F3N2O. The second-order valence-corrected chi connectivity index (χ2v) is 5.31. The van der Waals surface area contributed by atoms with Crippen LogP contribution in [0, 0.1) is 0 Å². The molecule has 26 heavy (non-hydrogen) atoms. The highest BCUT2D eigenvalue weighted by atomic mass is 35.5. The molecule has 0 saturated carbocycles. The van der Waals surface area contributed by atoms with Gasteiger partial charge in [0.15, 0.2) is 0 Å². The molecule has 0 aliphatic rings. The van der Waals surface area contributed by atoms with Crippen molar-refractivity contribution in [1.82, 2.24) is 10.3 Å². The molecule has 0 aliphatic heterocycles. The van der Waals surface area contributed by atoms with Gasteiger partial charge in [-0.3, -0.25) is 4.98 Å². The van der Waals surface area contributed by atoms with Gasteiger partial charge in [-0.15, -0.1) is 24.8 Å². The fourth-order valence-corrected chi connectivity index (χ4v) is 2.31. The summed E-state index contributed by atoms with van der Waals surface area (Å²) in [5.41, 5.74) is 0.762. The lowest BCUT2D eigenvalue weighted by atomic mass is 10.1. The van der Waals surface area contributed by atoms with Crippen LogP contribution >= 0.6 is 24.8 Å². The number of hydrogen-bond acceptors (Lipinski definition) is 3. The summed E-state index contributed by atoms with van der Waals surface area (Å²) in [6.45, 7) is 1.11. The summed E-state index contributed by atoms with van der Waals surface area (Å²) < 4.78 is 43.9. The Balaban J connectivity index is 0.00000169. The van der Waals surface area contributed by atoms with Crippen molar-refractivity contribution in [3.63, 3.8) is 0 Å². The first-order valence-corrected chi connectivity index (χ1v) is 7.38. The lowest BCUT2D eigenvalue weighted by Crippen LogP contribution is -2.12. The number of alkyl halides is 3. The minimum absolute atomic E-state index is 0. The highest BCUT2D eigenvalue weighted by Crippen LogP contribution is 2.32. The maximum Gasteiger partial charge on any atom is 0.416 e. The molecule has 3 aromatic rings. The summed E-state index contributed by atoms with van der Waals surface area (Å²) in [4.78, 5) is 4.03. The summed E-state index contributed by atoms with van der Waals surface area (Å²) in [7, 11) is 0. The van der Waals surface area contributed by atoms with Crippen LogP contribution < -0.4 is 5.32 Å². The first-order valence-electron chi connectivity index (χ1n) is 7.38. The van der Waals surface area contributed by atoms with Crippen molar-refractivity contribution in [3.05, 3.63) is 77.8 Å². The number of aromatic nitrogens is 1. The van der Waals surface area contributed by atoms with E-state index in [1.54, 1.807) is 30.6 Å². The number of nitrogens with zero attached hydrogens (tertiary/aromatic N) is 1. The average molecular weight is 405 g/mol. The van der Waals surface area contributed by atoms with Crippen LogP contribution in [0.3, 0.4) is 0 Å². The van der Waals surface area contributed by atoms with E-state index in [1.165, 1.54) is 6.07 Å². The number of rotatable bonds is 5. The zero-order valence-corrected chi connectivity index (χ0v) is 15.1. The molecule has 8 heteroatoms. The summed E-state index contributed by atoms with van der Waals surface area (Å²) in [5, 5.41) is 3.20. The van der Waals surface area contributed by atoms with Gasteiger partial charge in [0.05, 0.1) is 12.1 Å². The zero-order chi connectivity index (χ0) is 17.0. The first kappa shape index (κ1) is 22.0. The Morgan fingerprint density at radius 1 is 0.962 bits per heavy atom. The number of nitrogens with one attached hydrogen (secondary N) is 1. The van der Waals surface area contributed by atoms with E-state index in [4.69, 9.17) is 4.42 Å². The van der Waals surface area contributed by atoms with Crippen molar-refractivity contribution in [2.45, 2.75) is 19.3 Å². The fourth-order valence-electron chi connectivity index (χ4n) is 2.31. The summed E-state index contributed by atoms with van der Waals surface area (Å²) >= 11 is 0. The van der Waals surface area contributed by atoms with Gasteiger partial charge in [-0.1, -0.05) is 18.2 Å². The first-order chi connectivity index (χ1) is 11.5. The average Bonchev–Trinajstić information content (AvgIpc) is 3.04. The Labute approximate surface area is 161 Å². The van der Waals surface area contributed by atoms with Crippen molar-refractivity contribution in [2.24, 2.45) is 0 Å². The Kier molecular flexibility index (Phi) is 8.14. The zero-order valence-electron chi connectivity index (χ0n) is 13.5. The van der Waals surface area contributed by atoms with E-state index in [1.807, 2.05) is 12.1 Å². The molecule has 0 radical (unpaired) electrons. The molecule has 0 saturated heterocycles.